The first-order valence-corrected chi connectivity index (χ1v) is 17.4. The lowest BCUT2D eigenvalue weighted by Gasteiger charge is -2.16. The zero-order chi connectivity index (χ0) is 36.0. The van der Waals surface area contributed by atoms with E-state index in [1.807, 2.05) is 39.9 Å². The fourth-order valence-electron chi connectivity index (χ4n) is 6.23. The number of aromatic nitrogens is 4. The van der Waals surface area contributed by atoms with Gasteiger partial charge in [-0.2, -0.15) is 5.10 Å². The van der Waals surface area contributed by atoms with Crippen LogP contribution >= 0.6 is 0 Å². The number of fused-ring (bicyclic) bond motifs is 1. The smallest absolute Gasteiger partial charge is 0.256 e. The summed E-state index contributed by atoms with van der Waals surface area (Å²) in [7, 11) is 5.30. The van der Waals surface area contributed by atoms with Crippen LogP contribution in [0.25, 0.3) is 11.0 Å². The number of hydrogen-bond acceptors (Lipinski definition) is 10. The minimum atomic E-state index is -0.310. The number of pyridine rings is 2. The highest BCUT2D eigenvalue weighted by Gasteiger charge is 2.28. The van der Waals surface area contributed by atoms with Gasteiger partial charge in [0.15, 0.2) is 11.5 Å². The molecule has 13 heteroatoms. The molecule has 2 aliphatic rings. The van der Waals surface area contributed by atoms with Gasteiger partial charge in [0.25, 0.3) is 5.91 Å². The Hall–Kier alpha value is -5.95. The van der Waals surface area contributed by atoms with E-state index in [1.54, 1.807) is 75.2 Å². The summed E-state index contributed by atoms with van der Waals surface area (Å²) in [5, 5.41) is 12.1. The van der Waals surface area contributed by atoms with Crippen LogP contribution in [0, 0.1) is 0 Å². The number of rotatable bonds is 14. The Morgan fingerprint density at radius 2 is 1.67 bits per heavy atom. The first kappa shape index (κ1) is 34.5. The number of carbonyl (C=O) groups excluding carboxylic acids is 2. The molecule has 1 aliphatic carbocycles. The van der Waals surface area contributed by atoms with E-state index in [9.17, 15) is 9.59 Å². The molecule has 0 bridgehead atoms. The maximum atomic E-state index is 13.0. The summed E-state index contributed by atoms with van der Waals surface area (Å²) >= 11 is 0. The van der Waals surface area contributed by atoms with E-state index in [0.717, 1.165) is 29.7 Å². The first-order valence-electron chi connectivity index (χ1n) is 17.4. The third-order valence-electron chi connectivity index (χ3n) is 9.30. The molecule has 0 radical (unpaired) electrons. The van der Waals surface area contributed by atoms with E-state index >= 15 is 0 Å². The average molecular weight is 703 g/mol. The van der Waals surface area contributed by atoms with E-state index in [2.05, 4.69) is 27.6 Å². The molecule has 7 rings (SSSR count). The van der Waals surface area contributed by atoms with Crippen molar-refractivity contribution < 1.29 is 23.8 Å². The predicted octanol–water partition coefficient (Wildman–Crippen LogP) is 5.60. The number of methoxy groups -OCH3 is 2. The van der Waals surface area contributed by atoms with Crippen LogP contribution in [-0.2, 0) is 11.3 Å². The molecule has 52 heavy (non-hydrogen) atoms. The van der Waals surface area contributed by atoms with Gasteiger partial charge in [-0.05, 0) is 74.3 Å². The maximum absolute atomic E-state index is 13.0. The van der Waals surface area contributed by atoms with E-state index in [1.165, 1.54) is 12.8 Å². The SMILES string of the molecule is COc1ccc(Cn2nc(N[C@@H]3CCN(C(=O)C=CCN(C)C4CC4)C3)c3c(Oc4ccc(C(=O)Nc5cc(OC)ccn5)cc4)ccnc32)cc1. The number of ether oxygens (including phenoxy) is 3. The van der Waals surface area contributed by atoms with Gasteiger partial charge < -0.3 is 29.7 Å². The van der Waals surface area contributed by atoms with Crippen molar-refractivity contribution in [3.05, 3.63) is 102 Å². The van der Waals surface area contributed by atoms with Crippen molar-refractivity contribution in [1.29, 1.82) is 0 Å². The highest BCUT2D eigenvalue weighted by Crippen LogP contribution is 2.35. The van der Waals surface area contributed by atoms with Crippen LogP contribution < -0.4 is 24.8 Å². The molecule has 1 atom stereocenters. The number of nitrogens with zero attached hydrogens (tertiary/aromatic N) is 6. The molecule has 2 N–H and O–H groups in total. The number of hydrogen-bond donors (Lipinski definition) is 2. The second kappa shape index (κ2) is 15.5. The second-order valence-corrected chi connectivity index (χ2v) is 13.0. The standard InChI is InChI=1S/C39H42N8O5/c1-45(29-10-11-29)21-4-5-35(48)46-22-18-28(25-46)42-37-36-33(17-20-41-38(36)47(44-37)24-26-6-12-30(50-2)13-7-26)52-31-14-8-27(9-15-31)39(49)43-34-23-32(51-3)16-19-40-34/h4-9,12-17,19-20,23,28-29H,10-11,18,21-22,24-25H2,1-3H3,(H,42,44)(H,40,43,49)/t28-/m1/s1. The van der Waals surface area contributed by atoms with E-state index in [4.69, 9.17) is 24.3 Å². The van der Waals surface area contributed by atoms with Crippen molar-refractivity contribution in [2.24, 2.45) is 0 Å². The Morgan fingerprint density at radius 3 is 2.42 bits per heavy atom. The van der Waals surface area contributed by atoms with Gasteiger partial charge in [0.05, 0.1) is 20.8 Å². The van der Waals surface area contributed by atoms with Crippen molar-refractivity contribution in [2.45, 2.75) is 37.9 Å². The third kappa shape index (κ3) is 8.16. The van der Waals surface area contributed by atoms with Crippen molar-refractivity contribution in [1.82, 2.24) is 29.5 Å². The summed E-state index contributed by atoms with van der Waals surface area (Å²) in [4.78, 5) is 39.0. The highest BCUT2D eigenvalue weighted by molar-refractivity contribution is 6.04. The molecular weight excluding hydrogens is 660 g/mol. The first-order chi connectivity index (χ1) is 25.4. The molecule has 0 spiro atoms. The number of likely N-dealkylation sites (tertiary alicyclic amines) is 1. The molecule has 3 aromatic heterocycles. The number of carbonyl (C=O) groups is 2. The quantitative estimate of drug-likeness (QED) is 0.141. The summed E-state index contributed by atoms with van der Waals surface area (Å²) in [6.07, 6.45) is 10.2. The van der Waals surface area contributed by atoms with Gasteiger partial charge in [0.1, 0.15) is 34.2 Å². The largest absolute Gasteiger partial charge is 0.497 e. The second-order valence-electron chi connectivity index (χ2n) is 13.0. The summed E-state index contributed by atoms with van der Waals surface area (Å²) in [6.45, 7) is 2.45. The Kier molecular flexibility index (Phi) is 10.3. The van der Waals surface area contributed by atoms with Crippen LogP contribution in [0.3, 0.4) is 0 Å². The Labute approximate surface area is 302 Å². The fourth-order valence-corrected chi connectivity index (χ4v) is 6.23. The summed E-state index contributed by atoms with van der Waals surface area (Å²) < 4.78 is 18.8. The monoisotopic (exact) mass is 702 g/mol. The van der Waals surface area contributed by atoms with Gasteiger partial charge in [0.2, 0.25) is 5.91 Å². The number of nitrogens with one attached hydrogen (secondary N) is 2. The van der Waals surface area contributed by atoms with E-state index in [-0.39, 0.29) is 17.9 Å². The Morgan fingerprint density at radius 1 is 0.923 bits per heavy atom. The van der Waals surface area contributed by atoms with Crippen molar-refractivity contribution >= 4 is 34.5 Å². The molecule has 268 valence electrons. The zero-order valence-corrected chi connectivity index (χ0v) is 29.5. The lowest BCUT2D eigenvalue weighted by Crippen LogP contribution is -2.30. The number of amides is 2. The minimum Gasteiger partial charge on any atom is -0.497 e. The van der Waals surface area contributed by atoms with Gasteiger partial charge >= 0.3 is 0 Å². The lowest BCUT2D eigenvalue weighted by molar-refractivity contribution is -0.125. The van der Waals surface area contributed by atoms with Crippen LogP contribution in [0.1, 0.15) is 35.2 Å². The summed E-state index contributed by atoms with van der Waals surface area (Å²) in [5.74, 6) is 3.18. The zero-order valence-electron chi connectivity index (χ0n) is 29.5. The third-order valence-corrected chi connectivity index (χ3v) is 9.30. The van der Waals surface area contributed by atoms with Gasteiger partial charge in [-0.1, -0.05) is 18.2 Å². The topological polar surface area (TPSA) is 136 Å². The van der Waals surface area contributed by atoms with Crippen LogP contribution in [0.4, 0.5) is 11.6 Å². The molecule has 2 amide bonds. The highest BCUT2D eigenvalue weighted by atomic mass is 16.5. The average Bonchev–Trinajstić information content (AvgIpc) is 3.83. The van der Waals surface area contributed by atoms with Crippen molar-refractivity contribution in [3.63, 3.8) is 0 Å². The molecule has 2 aromatic carbocycles. The van der Waals surface area contributed by atoms with Crippen molar-refractivity contribution in [2.75, 3.05) is 51.5 Å². The number of benzene rings is 2. The van der Waals surface area contributed by atoms with Crippen molar-refractivity contribution in [3.8, 4) is 23.0 Å². The Balaban J connectivity index is 1.10. The van der Waals surface area contributed by atoms with E-state index < -0.39 is 0 Å². The normalized spacial score (nSPS) is 15.7. The molecule has 1 saturated heterocycles. The van der Waals surface area contributed by atoms with Crippen LogP contribution in [0.2, 0.25) is 0 Å². The predicted molar refractivity (Wildman–Crippen MR) is 198 cm³/mol. The van der Waals surface area contributed by atoms with Crippen LogP contribution in [-0.4, -0.2) is 94.3 Å². The number of likely N-dealkylation sites (N-methyl/N-ethyl adjacent to an activating group) is 1. The molecule has 1 aliphatic heterocycles. The molecule has 1 saturated carbocycles. The molecular formula is C39H42N8O5. The summed E-state index contributed by atoms with van der Waals surface area (Å²) in [6, 6.07) is 20.5. The Bertz CT molecular complexity index is 2060. The lowest BCUT2D eigenvalue weighted by atomic mass is 10.2. The molecule has 5 aromatic rings. The molecule has 4 heterocycles. The van der Waals surface area contributed by atoms with Gasteiger partial charge in [-0.15, -0.1) is 0 Å². The van der Waals surface area contributed by atoms with Gasteiger partial charge in [-0.3, -0.25) is 14.5 Å². The fraction of sp³-hybridized carbons (Fsp3) is 0.308. The van der Waals surface area contributed by atoms with Crippen LogP contribution in [0.15, 0.2) is 91.3 Å². The van der Waals surface area contributed by atoms with Crippen LogP contribution in [0.5, 0.6) is 23.0 Å². The van der Waals surface area contributed by atoms with Gasteiger partial charge in [0, 0.05) is 67.9 Å². The molecule has 13 nitrogen and oxygen atoms in total. The summed E-state index contributed by atoms with van der Waals surface area (Å²) in [5.41, 5.74) is 2.11. The van der Waals surface area contributed by atoms with Gasteiger partial charge in [-0.25, -0.2) is 14.6 Å². The minimum absolute atomic E-state index is 0.0102. The van der Waals surface area contributed by atoms with E-state index in [0.29, 0.717) is 65.8 Å². The number of anilines is 2. The molecule has 0 unspecified atom stereocenters. The maximum Gasteiger partial charge on any atom is 0.256 e. The molecule has 2 fully saturated rings.